The molecular weight excluding hydrogens is 252 g/mol. The lowest BCUT2D eigenvalue weighted by molar-refractivity contribution is -0.127. The zero-order valence-corrected chi connectivity index (χ0v) is 11.7. The quantitative estimate of drug-likeness (QED) is 0.809. The highest BCUT2D eigenvalue weighted by Crippen LogP contribution is 2.13. The number of hydrogen-bond acceptors (Lipinski definition) is 3. The van der Waals surface area contributed by atoms with Crippen molar-refractivity contribution in [3.8, 4) is 5.75 Å². The summed E-state index contributed by atoms with van der Waals surface area (Å²) in [6, 6.07) is 3.48. The Bertz CT molecular complexity index is 381. The van der Waals surface area contributed by atoms with Crippen LogP contribution >= 0.6 is 11.6 Å². The summed E-state index contributed by atoms with van der Waals surface area (Å²) in [4.78, 5) is 15.7. The van der Waals surface area contributed by atoms with E-state index in [1.54, 1.807) is 19.1 Å². The van der Waals surface area contributed by atoms with Crippen LogP contribution in [0, 0.1) is 0 Å². The molecule has 0 aliphatic carbocycles. The lowest BCUT2D eigenvalue weighted by Crippen LogP contribution is -2.41. The summed E-state index contributed by atoms with van der Waals surface area (Å²) >= 11 is 5.67. The van der Waals surface area contributed by atoms with E-state index in [1.807, 2.05) is 6.92 Å². The summed E-state index contributed by atoms with van der Waals surface area (Å²) in [7, 11) is 0. The first-order chi connectivity index (χ1) is 8.52. The molecule has 0 bridgehead atoms. The van der Waals surface area contributed by atoms with E-state index in [0.29, 0.717) is 10.9 Å². The number of nitrogens with one attached hydrogen (secondary N) is 1. The first-order valence-corrected chi connectivity index (χ1v) is 6.49. The van der Waals surface area contributed by atoms with E-state index in [9.17, 15) is 4.79 Å². The number of rotatable bonds is 6. The van der Waals surface area contributed by atoms with E-state index in [1.165, 1.54) is 6.20 Å². The van der Waals surface area contributed by atoms with E-state index in [2.05, 4.69) is 17.2 Å². The Morgan fingerprint density at radius 3 is 2.78 bits per heavy atom. The van der Waals surface area contributed by atoms with Crippen LogP contribution in [-0.2, 0) is 4.79 Å². The highest BCUT2D eigenvalue weighted by Gasteiger charge is 2.16. The number of amides is 1. The Morgan fingerprint density at radius 2 is 2.22 bits per heavy atom. The van der Waals surface area contributed by atoms with Crippen molar-refractivity contribution in [2.24, 2.45) is 0 Å². The van der Waals surface area contributed by atoms with E-state index in [-0.39, 0.29) is 11.9 Å². The minimum Gasteiger partial charge on any atom is -0.479 e. The highest BCUT2D eigenvalue weighted by molar-refractivity contribution is 6.29. The van der Waals surface area contributed by atoms with E-state index >= 15 is 0 Å². The Kier molecular flexibility index (Phi) is 5.92. The second-order valence-electron chi connectivity index (χ2n) is 4.28. The van der Waals surface area contributed by atoms with Crippen molar-refractivity contribution in [3.63, 3.8) is 0 Å². The molecule has 0 aliphatic rings. The minimum atomic E-state index is -0.549. The standard InChI is InChI=1S/C13H19ClN2O2/c1-4-5-9(2)16-13(17)10(3)18-11-6-7-12(14)15-8-11/h6-10H,4-5H2,1-3H3,(H,16,17). The normalized spacial score (nSPS) is 13.8. The van der Waals surface area contributed by atoms with Crippen LogP contribution in [0.15, 0.2) is 18.3 Å². The lowest BCUT2D eigenvalue weighted by atomic mass is 10.2. The molecule has 5 heteroatoms. The summed E-state index contributed by atoms with van der Waals surface area (Å²) in [5.41, 5.74) is 0. The molecule has 0 saturated heterocycles. The van der Waals surface area contributed by atoms with Crippen LogP contribution in [0.3, 0.4) is 0 Å². The van der Waals surface area contributed by atoms with Gasteiger partial charge in [-0.1, -0.05) is 24.9 Å². The molecular formula is C13H19ClN2O2. The summed E-state index contributed by atoms with van der Waals surface area (Å²) in [5.74, 6) is 0.413. The van der Waals surface area contributed by atoms with Gasteiger partial charge in [0.15, 0.2) is 6.10 Å². The fraction of sp³-hybridized carbons (Fsp3) is 0.538. The molecule has 0 saturated carbocycles. The molecule has 0 radical (unpaired) electrons. The largest absolute Gasteiger partial charge is 0.479 e. The van der Waals surface area contributed by atoms with E-state index in [4.69, 9.17) is 16.3 Å². The number of ether oxygens (including phenoxy) is 1. The fourth-order valence-corrected chi connectivity index (χ4v) is 1.67. The van der Waals surface area contributed by atoms with Crippen LogP contribution < -0.4 is 10.1 Å². The maximum absolute atomic E-state index is 11.8. The molecule has 2 unspecified atom stereocenters. The maximum atomic E-state index is 11.8. The molecule has 1 rings (SSSR count). The Hall–Kier alpha value is -1.29. The van der Waals surface area contributed by atoms with Gasteiger partial charge in [0.2, 0.25) is 0 Å². The number of halogens is 1. The molecule has 1 N–H and O–H groups in total. The molecule has 0 spiro atoms. The van der Waals surface area contributed by atoms with Gasteiger partial charge in [0.1, 0.15) is 10.9 Å². The summed E-state index contributed by atoms with van der Waals surface area (Å²) in [6.45, 7) is 5.78. The number of pyridine rings is 1. The Balaban J connectivity index is 2.46. The van der Waals surface area contributed by atoms with Crippen molar-refractivity contribution in [1.82, 2.24) is 10.3 Å². The van der Waals surface area contributed by atoms with Gasteiger partial charge in [-0.3, -0.25) is 4.79 Å². The summed E-state index contributed by atoms with van der Waals surface area (Å²) < 4.78 is 5.48. The topological polar surface area (TPSA) is 51.2 Å². The third-order valence-corrected chi connectivity index (χ3v) is 2.72. The SMILES string of the molecule is CCCC(C)NC(=O)C(C)Oc1ccc(Cl)nc1. The van der Waals surface area contributed by atoms with Crippen molar-refractivity contribution in [2.75, 3.05) is 0 Å². The summed E-state index contributed by atoms with van der Waals surface area (Å²) in [6.07, 6.45) is 2.95. The zero-order valence-electron chi connectivity index (χ0n) is 10.9. The van der Waals surface area contributed by atoms with Crippen molar-refractivity contribution in [3.05, 3.63) is 23.5 Å². The smallest absolute Gasteiger partial charge is 0.260 e. The van der Waals surface area contributed by atoms with Crippen molar-refractivity contribution in [2.45, 2.75) is 45.8 Å². The molecule has 1 amide bonds. The fourth-order valence-electron chi connectivity index (χ4n) is 1.55. The molecule has 0 fully saturated rings. The molecule has 1 aromatic heterocycles. The van der Waals surface area contributed by atoms with Gasteiger partial charge in [-0.05, 0) is 32.4 Å². The highest BCUT2D eigenvalue weighted by atomic mass is 35.5. The third-order valence-electron chi connectivity index (χ3n) is 2.49. The molecule has 1 heterocycles. The van der Waals surface area contributed by atoms with Crippen LogP contribution in [0.25, 0.3) is 0 Å². The van der Waals surface area contributed by atoms with Crippen molar-refractivity contribution >= 4 is 17.5 Å². The molecule has 0 aromatic carbocycles. The average molecular weight is 271 g/mol. The monoisotopic (exact) mass is 270 g/mol. The molecule has 0 aliphatic heterocycles. The van der Waals surface area contributed by atoms with E-state index in [0.717, 1.165) is 12.8 Å². The number of carbonyl (C=O) groups excluding carboxylic acids is 1. The molecule has 2 atom stereocenters. The maximum Gasteiger partial charge on any atom is 0.260 e. The predicted molar refractivity (Wildman–Crippen MR) is 71.8 cm³/mol. The van der Waals surface area contributed by atoms with Crippen LogP contribution in [0.1, 0.15) is 33.6 Å². The first kappa shape index (κ1) is 14.8. The van der Waals surface area contributed by atoms with Gasteiger partial charge in [0, 0.05) is 6.04 Å². The zero-order chi connectivity index (χ0) is 13.5. The van der Waals surface area contributed by atoms with Gasteiger partial charge in [-0.25, -0.2) is 4.98 Å². The molecule has 4 nitrogen and oxygen atoms in total. The third kappa shape index (κ3) is 4.92. The lowest BCUT2D eigenvalue weighted by Gasteiger charge is -2.18. The van der Waals surface area contributed by atoms with Crippen molar-refractivity contribution < 1.29 is 9.53 Å². The van der Waals surface area contributed by atoms with Crippen LogP contribution in [0.4, 0.5) is 0 Å². The van der Waals surface area contributed by atoms with Crippen molar-refractivity contribution in [1.29, 1.82) is 0 Å². The molecule has 1 aromatic rings. The number of carbonyl (C=O) groups is 1. The minimum absolute atomic E-state index is 0.120. The van der Waals surface area contributed by atoms with Gasteiger partial charge in [-0.15, -0.1) is 0 Å². The molecule has 100 valence electrons. The molecule has 18 heavy (non-hydrogen) atoms. The average Bonchev–Trinajstić information content (AvgIpc) is 2.32. The van der Waals surface area contributed by atoms with Crippen LogP contribution in [0.5, 0.6) is 5.75 Å². The van der Waals surface area contributed by atoms with Gasteiger partial charge in [0.25, 0.3) is 5.91 Å². The number of aromatic nitrogens is 1. The number of nitrogens with zero attached hydrogens (tertiary/aromatic N) is 1. The second kappa shape index (κ2) is 7.21. The predicted octanol–water partition coefficient (Wildman–Crippen LogP) is 2.81. The van der Waals surface area contributed by atoms with Gasteiger partial charge < -0.3 is 10.1 Å². The van der Waals surface area contributed by atoms with Gasteiger partial charge in [-0.2, -0.15) is 0 Å². The van der Waals surface area contributed by atoms with E-state index < -0.39 is 6.10 Å². The van der Waals surface area contributed by atoms with Gasteiger partial charge in [0.05, 0.1) is 6.20 Å². The number of hydrogen-bond donors (Lipinski definition) is 1. The Labute approximate surface area is 113 Å². The summed E-state index contributed by atoms with van der Waals surface area (Å²) in [5, 5.41) is 3.30. The Morgan fingerprint density at radius 1 is 1.50 bits per heavy atom. The second-order valence-corrected chi connectivity index (χ2v) is 4.66. The van der Waals surface area contributed by atoms with Crippen LogP contribution in [0.2, 0.25) is 5.15 Å². The van der Waals surface area contributed by atoms with Crippen LogP contribution in [-0.4, -0.2) is 23.0 Å². The van der Waals surface area contributed by atoms with Gasteiger partial charge >= 0.3 is 0 Å². The first-order valence-electron chi connectivity index (χ1n) is 6.11.